The lowest BCUT2D eigenvalue weighted by Crippen LogP contribution is -2.69. The SMILES string of the molecule is COc1c(C)cc2c(c1O)[C@H]1C3Cc4c(OC(C)=O)c(C)c5c(c4[C@H](CNC(=O)[C@@H](C)NC(=O)/C=C/c4cccc(C(F)F)c4)N3[C@@H](C#N)C(C2)N1C)OCO5. The zero-order valence-corrected chi connectivity index (χ0v) is 31.8. The predicted molar refractivity (Wildman–Crippen MR) is 199 cm³/mol. The molecule has 3 N–H and O–H groups in total. The molecule has 56 heavy (non-hydrogen) atoms. The molecule has 2 bridgehead atoms. The van der Waals surface area contributed by atoms with Gasteiger partial charge in [-0.1, -0.05) is 24.3 Å². The molecule has 13 nitrogen and oxygen atoms in total. The molecule has 1 saturated heterocycles. The number of aromatic hydroxyl groups is 1. The summed E-state index contributed by atoms with van der Waals surface area (Å²) in [5.74, 6) is -0.172. The number of halogens is 2. The number of esters is 1. The summed E-state index contributed by atoms with van der Waals surface area (Å²) in [6, 6.07) is 6.50. The van der Waals surface area contributed by atoms with Crippen LogP contribution in [0, 0.1) is 25.2 Å². The van der Waals surface area contributed by atoms with Crippen molar-refractivity contribution in [2.24, 2.45) is 0 Å². The van der Waals surface area contributed by atoms with E-state index in [2.05, 4.69) is 26.5 Å². The number of phenols is 1. The van der Waals surface area contributed by atoms with Crippen LogP contribution >= 0.6 is 0 Å². The number of methoxy groups -OCH3 is 1. The van der Waals surface area contributed by atoms with Gasteiger partial charge in [0.05, 0.1) is 25.3 Å². The summed E-state index contributed by atoms with van der Waals surface area (Å²) < 4.78 is 49.8. The third-order valence-electron chi connectivity index (χ3n) is 11.3. The van der Waals surface area contributed by atoms with E-state index in [4.69, 9.17) is 18.9 Å². The maximum atomic E-state index is 13.7. The van der Waals surface area contributed by atoms with E-state index in [-0.39, 0.29) is 37.1 Å². The topological polar surface area (TPSA) is 163 Å². The largest absolute Gasteiger partial charge is 0.504 e. The number of benzene rings is 3. The van der Waals surface area contributed by atoms with Crippen molar-refractivity contribution in [3.8, 4) is 34.8 Å². The van der Waals surface area contributed by atoms with Crippen LogP contribution in [0.2, 0.25) is 0 Å². The number of fused-ring (bicyclic) bond motifs is 9. The summed E-state index contributed by atoms with van der Waals surface area (Å²) in [6.45, 7) is 6.33. The van der Waals surface area contributed by atoms with Gasteiger partial charge >= 0.3 is 5.97 Å². The number of hydrogen-bond acceptors (Lipinski definition) is 11. The van der Waals surface area contributed by atoms with E-state index >= 15 is 0 Å². The van der Waals surface area contributed by atoms with Gasteiger partial charge in [-0.3, -0.25) is 24.2 Å². The number of carbonyl (C=O) groups excluding carboxylic acids is 3. The second-order valence-electron chi connectivity index (χ2n) is 14.6. The first kappa shape index (κ1) is 38.6. The van der Waals surface area contributed by atoms with Crippen LogP contribution in [0.25, 0.3) is 6.08 Å². The van der Waals surface area contributed by atoms with E-state index in [1.165, 1.54) is 51.3 Å². The minimum absolute atomic E-state index is 0.0197. The molecule has 2 unspecified atom stereocenters. The van der Waals surface area contributed by atoms with Gasteiger partial charge in [0.1, 0.15) is 17.8 Å². The lowest BCUT2D eigenvalue weighted by atomic mass is 9.71. The van der Waals surface area contributed by atoms with Gasteiger partial charge in [0, 0.05) is 59.4 Å². The highest BCUT2D eigenvalue weighted by Crippen LogP contribution is 2.58. The number of alkyl halides is 2. The van der Waals surface area contributed by atoms with Crippen molar-refractivity contribution < 1.29 is 47.2 Å². The fourth-order valence-electron chi connectivity index (χ4n) is 8.96. The number of nitrogens with zero attached hydrogens (tertiary/aromatic N) is 3. The number of ether oxygens (including phenoxy) is 4. The van der Waals surface area contributed by atoms with Gasteiger partial charge in [-0.05, 0) is 69.5 Å². The van der Waals surface area contributed by atoms with Crippen LogP contribution in [0.5, 0.6) is 28.7 Å². The molecule has 15 heteroatoms. The molecule has 2 amide bonds. The summed E-state index contributed by atoms with van der Waals surface area (Å²) >= 11 is 0. The standard InChI is InChI=1S/C41H43F2N5O8/c1-19-12-25-14-27-29(16-44)48-28(34(47(27)5)32(25)35(51)36(19)53-6)15-26-33(39-38(54-18-55-39)20(2)37(26)56-22(4)49)30(48)17-45-41(52)21(3)46-31(50)11-10-23-8-7-9-24(13-23)40(42)43/h7-13,21,27-30,34,40,51H,14-15,17-18H2,1-6H3,(H,45,52)(H,46,50)/b11-10+/t21-,27?,28?,29+,30+,34-/m1/s1. The number of rotatable bonds is 9. The zero-order valence-electron chi connectivity index (χ0n) is 31.8. The Morgan fingerprint density at radius 2 is 1.86 bits per heavy atom. The molecule has 4 aliphatic heterocycles. The van der Waals surface area contributed by atoms with Crippen molar-refractivity contribution >= 4 is 23.9 Å². The number of piperazine rings is 1. The summed E-state index contributed by atoms with van der Waals surface area (Å²) in [7, 11) is 3.44. The fraction of sp³-hybridized carbons (Fsp3) is 0.415. The van der Waals surface area contributed by atoms with E-state index in [1.54, 1.807) is 13.0 Å². The van der Waals surface area contributed by atoms with Gasteiger partial charge in [0.2, 0.25) is 18.6 Å². The van der Waals surface area contributed by atoms with Crippen LogP contribution in [0.1, 0.15) is 76.9 Å². The molecule has 0 radical (unpaired) electrons. The molecule has 6 atom stereocenters. The molecule has 0 aliphatic carbocycles. The van der Waals surface area contributed by atoms with E-state index in [0.717, 1.165) is 11.1 Å². The van der Waals surface area contributed by atoms with Crippen LogP contribution in [-0.2, 0) is 27.2 Å². The average molecular weight is 772 g/mol. The summed E-state index contributed by atoms with van der Waals surface area (Å²) in [4.78, 5) is 43.3. The van der Waals surface area contributed by atoms with Crippen molar-refractivity contribution in [1.82, 2.24) is 20.4 Å². The highest BCUT2D eigenvalue weighted by Gasteiger charge is 2.57. The Morgan fingerprint density at radius 1 is 1.11 bits per heavy atom. The third kappa shape index (κ3) is 6.56. The van der Waals surface area contributed by atoms with E-state index in [9.17, 15) is 33.5 Å². The number of nitrogens with one attached hydrogen (secondary N) is 2. The van der Waals surface area contributed by atoms with Crippen molar-refractivity contribution in [3.63, 3.8) is 0 Å². The number of hydrogen-bond donors (Lipinski definition) is 3. The van der Waals surface area contributed by atoms with E-state index < -0.39 is 54.4 Å². The van der Waals surface area contributed by atoms with Crippen molar-refractivity contribution in [1.29, 1.82) is 5.26 Å². The monoisotopic (exact) mass is 771 g/mol. The molecule has 294 valence electrons. The number of aryl methyl sites for hydroxylation is 1. The molecule has 0 saturated carbocycles. The van der Waals surface area contributed by atoms with Gasteiger partial charge in [0.25, 0.3) is 6.43 Å². The fourth-order valence-corrected chi connectivity index (χ4v) is 8.96. The van der Waals surface area contributed by atoms with Crippen LogP contribution < -0.4 is 29.6 Å². The average Bonchev–Trinajstić information content (AvgIpc) is 3.65. The first-order chi connectivity index (χ1) is 26.7. The molecule has 0 spiro atoms. The maximum absolute atomic E-state index is 13.7. The highest BCUT2D eigenvalue weighted by molar-refractivity contribution is 5.95. The van der Waals surface area contributed by atoms with Gasteiger partial charge in [0.15, 0.2) is 23.0 Å². The molecule has 7 rings (SSSR count). The van der Waals surface area contributed by atoms with Gasteiger partial charge < -0.3 is 34.7 Å². The second-order valence-corrected chi connectivity index (χ2v) is 14.6. The summed E-state index contributed by atoms with van der Waals surface area (Å²) in [5.41, 5.74) is 4.40. The van der Waals surface area contributed by atoms with E-state index in [1.807, 2.05) is 20.0 Å². The maximum Gasteiger partial charge on any atom is 0.308 e. The quantitative estimate of drug-likeness (QED) is 0.157. The molecule has 3 aromatic rings. The Balaban J connectivity index is 1.26. The summed E-state index contributed by atoms with van der Waals surface area (Å²) in [6.07, 6.45) is 0.638. The number of phenolic OH excluding ortho intramolecular Hbond substituents is 1. The molecule has 4 aliphatic rings. The molecular weight excluding hydrogens is 728 g/mol. The minimum atomic E-state index is -2.66. The van der Waals surface area contributed by atoms with Gasteiger partial charge in [-0.15, -0.1) is 0 Å². The van der Waals surface area contributed by atoms with Crippen molar-refractivity contribution in [3.05, 3.63) is 80.9 Å². The zero-order chi connectivity index (χ0) is 40.2. The Bertz CT molecular complexity index is 2190. The lowest BCUT2D eigenvalue weighted by molar-refractivity contribution is -0.132. The molecule has 4 heterocycles. The third-order valence-corrected chi connectivity index (χ3v) is 11.3. The Morgan fingerprint density at radius 3 is 2.55 bits per heavy atom. The Labute approximate surface area is 322 Å². The smallest absolute Gasteiger partial charge is 0.308 e. The molecular formula is C41H43F2N5O8. The number of carbonyl (C=O) groups is 3. The van der Waals surface area contributed by atoms with Crippen LogP contribution in [0.4, 0.5) is 8.78 Å². The normalized spacial score (nSPS) is 22.8. The van der Waals surface area contributed by atoms with Crippen LogP contribution in [0.3, 0.4) is 0 Å². The van der Waals surface area contributed by atoms with Gasteiger partial charge in [-0.2, -0.15) is 5.26 Å². The molecule has 0 aromatic heterocycles. The number of nitriles is 1. The van der Waals surface area contributed by atoms with Crippen molar-refractivity contribution in [2.75, 3.05) is 27.5 Å². The molecule has 3 aromatic carbocycles. The van der Waals surface area contributed by atoms with E-state index in [0.29, 0.717) is 57.2 Å². The lowest BCUT2D eigenvalue weighted by Gasteiger charge is -2.60. The Hall–Kier alpha value is -5.72. The van der Waals surface area contributed by atoms with Gasteiger partial charge in [-0.25, -0.2) is 8.78 Å². The first-order valence-electron chi connectivity index (χ1n) is 18.3. The molecule has 1 fully saturated rings. The van der Waals surface area contributed by atoms with Crippen LogP contribution in [0.15, 0.2) is 36.4 Å². The number of likely N-dealkylation sites (N-methyl/N-ethyl adjacent to an activating group) is 1. The first-order valence-corrected chi connectivity index (χ1v) is 18.3. The van der Waals surface area contributed by atoms with Crippen molar-refractivity contribution in [2.45, 2.75) is 83.2 Å². The minimum Gasteiger partial charge on any atom is -0.504 e. The second kappa shape index (κ2) is 15.1. The highest BCUT2D eigenvalue weighted by atomic mass is 19.3. The number of amides is 2. The van der Waals surface area contributed by atoms with Crippen LogP contribution in [-0.4, -0.2) is 84.4 Å². The predicted octanol–water partition coefficient (Wildman–Crippen LogP) is 4.71. The summed E-state index contributed by atoms with van der Waals surface area (Å²) in [5, 5.41) is 28.3. The Kier molecular flexibility index (Phi) is 10.4.